The molecule has 9 heteroatoms. The third kappa shape index (κ3) is 4.33. The van der Waals surface area contributed by atoms with E-state index in [1.807, 2.05) is 16.8 Å². The number of amidine groups is 1. The highest BCUT2D eigenvalue weighted by Crippen LogP contribution is 2.40. The van der Waals surface area contributed by atoms with Crippen LogP contribution in [-0.2, 0) is 4.79 Å². The highest BCUT2D eigenvalue weighted by atomic mass is 35.5. The Morgan fingerprint density at radius 2 is 1.82 bits per heavy atom. The summed E-state index contributed by atoms with van der Waals surface area (Å²) in [5.74, 6) is 1.91. The van der Waals surface area contributed by atoms with E-state index >= 15 is 0 Å². The number of azo groups is 2. The number of amides is 1. The Bertz CT molecular complexity index is 1690. The number of rotatable bonds is 5. The fraction of sp³-hybridized carbons (Fsp3) is 0.226. The first-order valence-electron chi connectivity index (χ1n) is 13.8. The van der Waals surface area contributed by atoms with E-state index in [2.05, 4.69) is 101 Å². The van der Waals surface area contributed by atoms with E-state index in [1.54, 1.807) is 0 Å². The molecular weight excluding hydrogens is 519 g/mol. The Kier molecular flexibility index (Phi) is 6.27. The molecule has 1 amide bonds. The van der Waals surface area contributed by atoms with Crippen molar-refractivity contribution in [3.8, 4) is 0 Å². The van der Waals surface area contributed by atoms with E-state index in [9.17, 15) is 4.79 Å². The molecular formula is C31H29BClN6O+2. The molecule has 0 bridgehead atoms. The number of nitrogens with zero attached hydrogens (tertiary/aromatic N) is 5. The van der Waals surface area contributed by atoms with Crippen molar-refractivity contribution >= 4 is 53.7 Å². The predicted molar refractivity (Wildman–Crippen MR) is 159 cm³/mol. The molecule has 3 aromatic rings. The van der Waals surface area contributed by atoms with Crippen LogP contribution in [0.4, 0.5) is 11.5 Å². The van der Waals surface area contributed by atoms with Gasteiger partial charge in [0.15, 0.2) is 11.9 Å². The van der Waals surface area contributed by atoms with Crippen LogP contribution in [0.3, 0.4) is 0 Å². The van der Waals surface area contributed by atoms with E-state index in [0.29, 0.717) is 0 Å². The Morgan fingerprint density at radius 1 is 1.02 bits per heavy atom. The molecule has 2 aromatic carbocycles. The number of nitrogens with one attached hydrogen (secondary N) is 1. The number of fused-ring (bicyclic) bond motifs is 2. The fourth-order valence-corrected chi connectivity index (χ4v) is 5.90. The summed E-state index contributed by atoms with van der Waals surface area (Å²) in [5.41, 5.74) is 8.50. The molecule has 1 fully saturated rings. The summed E-state index contributed by atoms with van der Waals surface area (Å²) in [4.78, 5) is 14.1. The number of halogens is 1. The minimum atomic E-state index is -0.218. The van der Waals surface area contributed by atoms with Crippen LogP contribution in [0.2, 0.25) is 0 Å². The number of piperidine rings is 1. The van der Waals surface area contributed by atoms with Crippen molar-refractivity contribution < 1.29 is 14.1 Å². The monoisotopic (exact) mass is 547 g/mol. The third-order valence-electron chi connectivity index (χ3n) is 7.80. The Hall–Kier alpha value is -4.17. The molecule has 1 saturated heterocycles. The first-order chi connectivity index (χ1) is 19.6. The van der Waals surface area contributed by atoms with Gasteiger partial charge < -0.3 is 5.32 Å². The Morgan fingerprint density at radius 3 is 2.58 bits per heavy atom. The lowest BCUT2D eigenvalue weighted by Crippen LogP contribution is -2.43. The van der Waals surface area contributed by atoms with Gasteiger partial charge in [0.2, 0.25) is 5.91 Å². The topological polar surface area (TPSA) is 55.6 Å². The van der Waals surface area contributed by atoms with Gasteiger partial charge in [-0.2, -0.15) is 0 Å². The number of aryl methyl sites for hydroxylation is 1. The average molecular weight is 548 g/mol. The summed E-state index contributed by atoms with van der Waals surface area (Å²) in [6.07, 6.45) is 10.3. The molecule has 0 atom stereocenters. The van der Waals surface area contributed by atoms with E-state index < -0.39 is 0 Å². The summed E-state index contributed by atoms with van der Waals surface area (Å²) in [5, 5.41) is 7.69. The molecule has 197 valence electrons. The van der Waals surface area contributed by atoms with Crippen LogP contribution < -0.4 is 5.32 Å². The summed E-state index contributed by atoms with van der Waals surface area (Å²) < 4.78 is 6.67. The zero-order chi connectivity index (χ0) is 27.2. The van der Waals surface area contributed by atoms with Crippen LogP contribution in [-0.4, -0.2) is 56.8 Å². The lowest BCUT2D eigenvalue weighted by molar-refractivity contribution is -0.539. The van der Waals surface area contributed by atoms with Gasteiger partial charge in [-0.15, -0.1) is 16.3 Å². The van der Waals surface area contributed by atoms with Crippen molar-refractivity contribution in [2.45, 2.75) is 26.2 Å². The second kappa shape index (κ2) is 10.1. The molecule has 0 aliphatic carbocycles. The van der Waals surface area contributed by atoms with Gasteiger partial charge in [0.1, 0.15) is 17.3 Å². The standard InChI is InChI=1S/C31H28BClN6O/c1-21-6-5-7-23(18-21)25-20-37(35-25)30-15-13-27-31(22-8-10-24(11-9-22)34-28(40)19-33)26-12-14-29(38(26)32-39(27)30)36-16-3-2-4-17-36/h5-15,18,20H,2-4,16-17,19H2,1H3/q+1/p+1. The van der Waals surface area contributed by atoms with Crippen molar-refractivity contribution in [3.05, 3.63) is 107 Å². The summed E-state index contributed by atoms with van der Waals surface area (Å²) in [6, 6.07) is 20.7. The summed E-state index contributed by atoms with van der Waals surface area (Å²) >= 11 is 5.68. The fourth-order valence-electron chi connectivity index (χ4n) is 5.83. The van der Waals surface area contributed by atoms with Crippen LogP contribution in [0.15, 0.2) is 89.8 Å². The second-order valence-corrected chi connectivity index (χ2v) is 10.8. The molecule has 40 heavy (non-hydrogen) atoms. The first-order valence-corrected chi connectivity index (χ1v) is 14.3. The predicted octanol–water partition coefficient (Wildman–Crippen LogP) is 5.70. The number of hydrogen-bond donors (Lipinski definition) is 1. The first kappa shape index (κ1) is 24.8. The summed E-state index contributed by atoms with van der Waals surface area (Å²) in [7, 11) is 2.19. The van der Waals surface area contributed by atoms with Gasteiger partial charge in [-0.05, 0) is 62.1 Å². The number of allylic oxidation sites excluding steroid dienone is 1. The molecule has 4 aliphatic rings. The minimum Gasteiger partial charge on any atom is -0.325 e. The van der Waals surface area contributed by atoms with E-state index in [4.69, 9.17) is 16.7 Å². The molecule has 0 saturated carbocycles. The number of anilines is 1. The van der Waals surface area contributed by atoms with Crippen molar-refractivity contribution in [2.24, 2.45) is 5.11 Å². The minimum absolute atomic E-state index is 0.0698. The molecule has 1 aromatic heterocycles. The molecule has 0 spiro atoms. The summed E-state index contributed by atoms with van der Waals surface area (Å²) in [6.45, 7) is 4.23. The van der Waals surface area contributed by atoms with Crippen LogP contribution in [0.1, 0.15) is 41.6 Å². The second-order valence-electron chi connectivity index (χ2n) is 10.5. The number of alkyl halides is 1. The highest BCUT2D eigenvalue weighted by molar-refractivity contribution is 6.41. The zero-order valence-corrected chi connectivity index (χ0v) is 23.1. The molecule has 1 N–H and O–H groups in total. The lowest BCUT2D eigenvalue weighted by Gasteiger charge is -2.24. The van der Waals surface area contributed by atoms with Gasteiger partial charge in [-0.25, -0.2) is 9.29 Å². The van der Waals surface area contributed by atoms with Gasteiger partial charge in [0.05, 0.1) is 18.7 Å². The molecule has 4 aliphatic heterocycles. The lowest BCUT2D eigenvalue weighted by atomic mass is 9.91. The van der Waals surface area contributed by atoms with Crippen LogP contribution in [0, 0.1) is 6.92 Å². The average Bonchev–Trinajstić information content (AvgIpc) is 3.56. The van der Waals surface area contributed by atoms with Gasteiger partial charge in [-0.1, -0.05) is 41.0 Å². The van der Waals surface area contributed by atoms with Crippen LogP contribution >= 0.6 is 11.6 Å². The highest BCUT2D eigenvalue weighted by Gasteiger charge is 2.45. The number of carbonyl (C=O) groups excluding carboxylic acids is 1. The Balaban J connectivity index is 1.29. The molecule has 5 heterocycles. The van der Waals surface area contributed by atoms with Gasteiger partial charge >= 0.3 is 7.55 Å². The quantitative estimate of drug-likeness (QED) is 0.253. The molecule has 7 rings (SSSR count). The van der Waals surface area contributed by atoms with E-state index in [-0.39, 0.29) is 11.8 Å². The number of carbonyl (C=O) groups is 1. The largest absolute Gasteiger partial charge is 0.701 e. The van der Waals surface area contributed by atoms with Crippen LogP contribution in [0.5, 0.6) is 0 Å². The van der Waals surface area contributed by atoms with Gasteiger partial charge in [0.25, 0.3) is 11.7 Å². The maximum atomic E-state index is 11.8. The van der Waals surface area contributed by atoms with Crippen molar-refractivity contribution in [1.29, 1.82) is 0 Å². The zero-order valence-electron chi connectivity index (χ0n) is 22.3. The third-order valence-corrected chi connectivity index (χ3v) is 8.05. The van der Waals surface area contributed by atoms with Crippen molar-refractivity contribution in [2.75, 3.05) is 24.3 Å². The van der Waals surface area contributed by atoms with Crippen molar-refractivity contribution in [3.63, 3.8) is 0 Å². The normalized spacial score (nSPS) is 17.6. The SMILES string of the molecule is Cc1cccc(C2=C[N+](c3ccc4n3[B]N3C(=C4c4ccc(NC(=O)CCl)cc4)C=CC3=[N+]3CCCCC3)=N2)c1. The van der Waals surface area contributed by atoms with Crippen molar-refractivity contribution in [1.82, 2.24) is 9.29 Å². The molecule has 1 radical (unpaired) electrons. The number of hydrogen-bond acceptors (Lipinski definition) is 2. The van der Waals surface area contributed by atoms with E-state index in [0.717, 1.165) is 58.4 Å². The molecule has 0 unspecified atom stereocenters. The van der Waals surface area contributed by atoms with Gasteiger partial charge in [0, 0.05) is 23.4 Å². The van der Waals surface area contributed by atoms with Gasteiger partial charge in [-0.3, -0.25) is 9.37 Å². The smallest absolute Gasteiger partial charge is 0.325 e. The van der Waals surface area contributed by atoms with E-state index in [1.165, 1.54) is 30.7 Å². The number of benzene rings is 2. The number of aromatic nitrogens is 1. The maximum Gasteiger partial charge on any atom is 0.701 e. The maximum absolute atomic E-state index is 11.8. The molecule has 7 nitrogen and oxygen atoms in total. The Labute approximate surface area is 239 Å². The van der Waals surface area contributed by atoms with Crippen LogP contribution in [0.25, 0.3) is 11.3 Å².